The third-order valence-corrected chi connectivity index (χ3v) is 1.96. The van der Waals surface area contributed by atoms with Gasteiger partial charge in [0.25, 0.3) is 0 Å². The van der Waals surface area contributed by atoms with Crippen molar-refractivity contribution in [2.24, 2.45) is 0 Å². The summed E-state index contributed by atoms with van der Waals surface area (Å²) >= 11 is 0. The Kier molecular flexibility index (Phi) is 15.7. The van der Waals surface area contributed by atoms with E-state index in [1.165, 1.54) is 0 Å². The van der Waals surface area contributed by atoms with Gasteiger partial charge in [0, 0.05) is 6.61 Å². The second-order valence-corrected chi connectivity index (χ2v) is 3.65. The summed E-state index contributed by atoms with van der Waals surface area (Å²) in [6.45, 7) is 6.43. The topological polar surface area (TPSA) is 86.6 Å². The Morgan fingerprint density at radius 2 is 1.00 bits per heavy atom. The molecule has 0 unspecified atom stereocenters. The van der Waals surface area contributed by atoms with E-state index in [4.69, 9.17) is 29.0 Å². The van der Waals surface area contributed by atoms with Crippen LogP contribution in [-0.2, 0) is 23.6 Å². The fourth-order valence-corrected chi connectivity index (χ4v) is 1.12. The zero-order valence-corrected chi connectivity index (χ0v) is 11.6. The van der Waals surface area contributed by atoms with Crippen molar-refractivity contribution in [1.82, 2.24) is 0 Å². The van der Waals surface area contributed by atoms with Crippen LogP contribution < -0.4 is 0 Å². The Hall–Kier alpha value is -0.215. The Morgan fingerprint density at radius 1 is 0.632 bits per heavy atom. The number of hydrogen-bond donors (Lipinski definition) is 2. The Balaban J connectivity index is 2.91. The summed E-state index contributed by atoms with van der Waals surface area (Å²) in [5, 5.41) is 16.7. The molecule has 0 spiro atoms. The summed E-state index contributed by atoms with van der Waals surface area (Å²) in [5.41, 5.74) is 0. The summed E-state index contributed by atoms with van der Waals surface area (Å²) < 4.78 is 25.4. The summed E-state index contributed by atoms with van der Waals surface area (Å²) in [6, 6.07) is 0. The minimum atomic E-state index is -1.74. The molecule has 8 heteroatoms. The first-order chi connectivity index (χ1) is 9.27. The molecule has 0 saturated carbocycles. The predicted octanol–water partition coefficient (Wildman–Crippen LogP) is -0.551. The first-order valence-corrected chi connectivity index (χ1v) is 6.56. The van der Waals surface area contributed by atoms with Gasteiger partial charge in [0.1, 0.15) is 0 Å². The van der Waals surface area contributed by atoms with Gasteiger partial charge in [-0.2, -0.15) is 0 Å². The molecule has 0 aromatic carbocycles. The predicted molar refractivity (Wildman–Crippen MR) is 69.7 cm³/mol. The molecular formula is C11H25BO7. The van der Waals surface area contributed by atoms with Gasteiger partial charge in [-0.1, -0.05) is 6.92 Å². The second-order valence-electron chi connectivity index (χ2n) is 3.65. The van der Waals surface area contributed by atoms with E-state index < -0.39 is 7.32 Å². The van der Waals surface area contributed by atoms with E-state index in [9.17, 15) is 0 Å². The molecule has 0 amide bonds. The van der Waals surface area contributed by atoms with Crippen molar-refractivity contribution in [3.8, 4) is 0 Å². The van der Waals surface area contributed by atoms with Crippen LogP contribution in [0, 0.1) is 0 Å². The van der Waals surface area contributed by atoms with Gasteiger partial charge in [-0.3, -0.25) is 0 Å². The molecule has 0 aromatic heterocycles. The van der Waals surface area contributed by atoms with E-state index in [2.05, 4.69) is 11.6 Å². The number of rotatable bonds is 15. The van der Waals surface area contributed by atoms with E-state index in [0.29, 0.717) is 46.2 Å². The molecule has 0 radical (unpaired) electrons. The summed E-state index contributed by atoms with van der Waals surface area (Å²) in [4.78, 5) is 0. The maximum Gasteiger partial charge on any atom is 0.633 e. The van der Waals surface area contributed by atoms with Crippen molar-refractivity contribution >= 4 is 7.32 Å². The highest BCUT2D eigenvalue weighted by Crippen LogP contribution is 1.84. The fraction of sp³-hybridized carbons (Fsp3) is 1.00. The maximum atomic E-state index is 8.37. The lowest BCUT2D eigenvalue weighted by molar-refractivity contribution is -0.00607. The lowest BCUT2D eigenvalue weighted by atomic mass is 10.3. The van der Waals surface area contributed by atoms with E-state index >= 15 is 0 Å². The van der Waals surface area contributed by atoms with Crippen LogP contribution in [0.25, 0.3) is 0 Å². The van der Waals surface area contributed by atoms with Gasteiger partial charge < -0.3 is 33.6 Å². The second kappa shape index (κ2) is 15.8. The van der Waals surface area contributed by atoms with Gasteiger partial charge in [0.05, 0.1) is 52.9 Å². The molecule has 0 aromatic rings. The molecule has 0 atom stereocenters. The number of ether oxygens (including phenoxy) is 4. The van der Waals surface area contributed by atoms with Crippen LogP contribution in [0.15, 0.2) is 0 Å². The SMILES string of the molecule is CCCOCCOCCOCCOCCOB(O)O. The molecule has 114 valence electrons. The molecule has 19 heavy (non-hydrogen) atoms. The molecule has 0 aliphatic carbocycles. The molecule has 7 nitrogen and oxygen atoms in total. The van der Waals surface area contributed by atoms with Crippen LogP contribution in [0.1, 0.15) is 13.3 Å². The van der Waals surface area contributed by atoms with Crippen molar-refractivity contribution in [3.05, 3.63) is 0 Å². The quantitative estimate of drug-likeness (QED) is 0.307. The van der Waals surface area contributed by atoms with E-state index in [0.717, 1.165) is 13.0 Å². The molecular weight excluding hydrogens is 255 g/mol. The average Bonchev–Trinajstić information content (AvgIpc) is 2.39. The molecule has 0 aliphatic rings. The summed E-state index contributed by atoms with van der Waals surface area (Å²) in [7, 11) is -1.74. The van der Waals surface area contributed by atoms with Gasteiger partial charge in [0.2, 0.25) is 0 Å². The minimum absolute atomic E-state index is 0.137. The lowest BCUT2D eigenvalue weighted by Crippen LogP contribution is -2.20. The van der Waals surface area contributed by atoms with Crippen molar-refractivity contribution < 1.29 is 33.6 Å². The molecule has 0 bridgehead atoms. The zero-order chi connectivity index (χ0) is 14.2. The van der Waals surface area contributed by atoms with Crippen LogP contribution in [0.5, 0.6) is 0 Å². The minimum Gasteiger partial charge on any atom is -0.402 e. The van der Waals surface area contributed by atoms with Crippen molar-refractivity contribution in [2.45, 2.75) is 13.3 Å². The van der Waals surface area contributed by atoms with Crippen molar-refractivity contribution in [3.63, 3.8) is 0 Å². The smallest absolute Gasteiger partial charge is 0.402 e. The van der Waals surface area contributed by atoms with Crippen molar-refractivity contribution in [2.75, 3.05) is 59.5 Å². The Morgan fingerprint density at radius 3 is 1.37 bits per heavy atom. The molecule has 0 saturated heterocycles. The first-order valence-electron chi connectivity index (χ1n) is 6.56. The monoisotopic (exact) mass is 280 g/mol. The Labute approximate surface area is 114 Å². The van der Waals surface area contributed by atoms with Crippen LogP contribution in [0.3, 0.4) is 0 Å². The highest BCUT2D eigenvalue weighted by molar-refractivity contribution is 6.32. The van der Waals surface area contributed by atoms with Gasteiger partial charge in [0.15, 0.2) is 0 Å². The Bertz CT molecular complexity index is 171. The molecule has 2 N–H and O–H groups in total. The maximum absolute atomic E-state index is 8.37. The van der Waals surface area contributed by atoms with Crippen molar-refractivity contribution in [1.29, 1.82) is 0 Å². The zero-order valence-electron chi connectivity index (χ0n) is 11.6. The third-order valence-electron chi connectivity index (χ3n) is 1.96. The third kappa shape index (κ3) is 17.8. The van der Waals surface area contributed by atoms with E-state index in [1.807, 2.05) is 0 Å². The lowest BCUT2D eigenvalue weighted by Gasteiger charge is -2.07. The highest BCUT2D eigenvalue weighted by atomic mass is 16.6. The normalized spacial score (nSPS) is 10.9. The van der Waals surface area contributed by atoms with Gasteiger partial charge >= 0.3 is 7.32 Å². The molecule has 0 fully saturated rings. The highest BCUT2D eigenvalue weighted by Gasteiger charge is 2.06. The van der Waals surface area contributed by atoms with Crippen LogP contribution in [-0.4, -0.2) is 76.8 Å². The summed E-state index contributed by atoms with van der Waals surface area (Å²) in [5.74, 6) is 0. The van der Waals surface area contributed by atoms with Crippen LogP contribution >= 0.6 is 0 Å². The molecule has 0 aliphatic heterocycles. The van der Waals surface area contributed by atoms with Gasteiger partial charge in [-0.05, 0) is 6.42 Å². The summed E-state index contributed by atoms with van der Waals surface area (Å²) in [6.07, 6.45) is 1.02. The first kappa shape index (κ1) is 18.8. The molecule has 0 rings (SSSR count). The fourth-order valence-electron chi connectivity index (χ4n) is 1.12. The van der Waals surface area contributed by atoms with Crippen LogP contribution in [0.4, 0.5) is 0 Å². The average molecular weight is 280 g/mol. The molecule has 0 heterocycles. The van der Waals surface area contributed by atoms with E-state index in [-0.39, 0.29) is 6.61 Å². The van der Waals surface area contributed by atoms with E-state index in [1.54, 1.807) is 0 Å². The standard InChI is InChI=1S/C11H25BO7/c1-2-3-15-4-5-16-6-7-17-8-9-18-10-11-19-12(13)14/h13-14H,2-11H2,1H3. The van der Waals surface area contributed by atoms with Gasteiger partial charge in [-0.15, -0.1) is 0 Å². The largest absolute Gasteiger partial charge is 0.633 e. The van der Waals surface area contributed by atoms with Gasteiger partial charge in [-0.25, -0.2) is 0 Å². The van der Waals surface area contributed by atoms with Crippen LogP contribution in [0.2, 0.25) is 0 Å². The number of hydrogen-bond acceptors (Lipinski definition) is 7.